The van der Waals surface area contributed by atoms with Gasteiger partial charge < -0.3 is 4.74 Å². The molecule has 0 aliphatic carbocycles. The highest BCUT2D eigenvalue weighted by Gasteiger charge is 2.81. The van der Waals surface area contributed by atoms with E-state index in [1.807, 2.05) is 0 Å². The van der Waals surface area contributed by atoms with Crippen LogP contribution in [0.25, 0.3) is 0 Å². The molecule has 0 aliphatic heterocycles. The number of halogens is 9. The molecule has 0 atom stereocenters. The molecule has 0 unspecified atom stereocenters. The van der Waals surface area contributed by atoms with E-state index in [9.17, 15) is 44.3 Å². The average molecular weight is 332 g/mol. The lowest BCUT2D eigenvalue weighted by Gasteiger charge is -2.33. The van der Waals surface area contributed by atoms with Gasteiger partial charge in [0.05, 0.1) is 6.61 Å². The molecule has 0 saturated heterocycles. The van der Waals surface area contributed by atoms with Crippen molar-refractivity contribution in [2.24, 2.45) is 0 Å². The molecule has 0 aromatic carbocycles. The fourth-order valence-corrected chi connectivity index (χ4v) is 1.09. The lowest BCUT2D eigenvalue weighted by atomic mass is 9.97. The minimum atomic E-state index is -6.99. The van der Waals surface area contributed by atoms with Gasteiger partial charge in [0.25, 0.3) is 0 Å². The highest BCUT2D eigenvalue weighted by Crippen LogP contribution is 2.54. The molecule has 0 saturated carbocycles. The third-order valence-corrected chi connectivity index (χ3v) is 2.21. The highest BCUT2D eigenvalue weighted by atomic mass is 19.4. The Morgan fingerprint density at radius 2 is 1.38 bits per heavy atom. The van der Waals surface area contributed by atoms with Crippen LogP contribution < -0.4 is 0 Å². The van der Waals surface area contributed by atoms with Crippen molar-refractivity contribution in [1.29, 1.82) is 0 Å². The number of carbonyl (C=O) groups is 1. The standard InChI is InChI=1S/C10H9F9O2/c1-3-21-6(20)5(2)4-7(11,12)8(13,14)9(15,16)10(17,18)19/h2-4H2,1H3. The predicted octanol–water partition coefficient (Wildman–Crippen LogP) is 3.96. The Kier molecular flexibility index (Phi) is 5.37. The summed E-state index contributed by atoms with van der Waals surface area (Å²) in [6.45, 7) is 3.46. The Morgan fingerprint density at radius 1 is 0.952 bits per heavy atom. The first kappa shape index (κ1) is 19.6. The van der Waals surface area contributed by atoms with Crippen LogP contribution in [0.3, 0.4) is 0 Å². The molecule has 0 aromatic rings. The summed E-state index contributed by atoms with van der Waals surface area (Å²) in [7, 11) is 0. The van der Waals surface area contributed by atoms with Gasteiger partial charge in [-0.2, -0.15) is 39.5 Å². The second kappa shape index (κ2) is 5.76. The van der Waals surface area contributed by atoms with Crippen LogP contribution in [-0.2, 0) is 9.53 Å². The Bertz CT molecular complexity index is 411. The van der Waals surface area contributed by atoms with Crippen LogP contribution in [0.1, 0.15) is 13.3 Å². The second-order valence-electron chi connectivity index (χ2n) is 3.85. The van der Waals surface area contributed by atoms with E-state index in [1.54, 1.807) is 0 Å². The molecule has 0 bridgehead atoms. The lowest BCUT2D eigenvalue weighted by molar-refractivity contribution is -0.395. The van der Waals surface area contributed by atoms with Crippen LogP contribution in [0.15, 0.2) is 12.2 Å². The minimum absolute atomic E-state index is 0.363. The molecule has 0 spiro atoms. The quantitative estimate of drug-likeness (QED) is 0.418. The maximum absolute atomic E-state index is 13.1. The van der Waals surface area contributed by atoms with Gasteiger partial charge in [0.1, 0.15) is 0 Å². The van der Waals surface area contributed by atoms with Gasteiger partial charge in [-0.05, 0) is 6.92 Å². The SMILES string of the molecule is C=C(CC(F)(F)C(F)(F)C(F)(F)C(F)(F)F)C(=O)OCC. The lowest BCUT2D eigenvalue weighted by Crippen LogP contribution is -2.61. The first-order chi connectivity index (χ1) is 9.12. The van der Waals surface area contributed by atoms with Crippen molar-refractivity contribution in [2.75, 3.05) is 6.61 Å². The maximum Gasteiger partial charge on any atom is 0.460 e. The van der Waals surface area contributed by atoms with E-state index < -0.39 is 41.9 Å². The molecule has 0 fully saturated rings. The first-order valence-corrected chi connectivity index (χ1v) is 5.17. The monoisotopic (exact) mass is 332 g/mol. The van der Waals surface area contributed by atoms with Crippen LogP contribution in [0.4, 0.5) is 39.5 Å². The zero-order valence-corrected chi connectivity index (χ0v) is 10.3. The van der Waals surface area contributed by atoms with Crippen molar-refractivity contribution in [3.63, 3.8) is 0 Å². The van der Waals surface area contributed by atoms with Gasteiger partial charge in [-0.1, -0.05) is 6.58 Å². The Balaban J connectivity index is 5.40. The average Bonchev–Trinajstić information content (AvgIpc) is 2.26. The zero-order chi connectivity index (χ0) is 17.3. The van der Waals surface area contributed by atoms with Crippen LogP contribution >= 0.6 is 0 Å². The van der Waals surface area contributed by atoms with E-state index >= 15 is 0 Å². The van der Waals surface area contributed by atoms with Crippen molar-refractivity contribution < 1.29 is 49.0 Å². The van der Waals surface area contributed by atoms with Crippen molar-refractivity contribution in [1.82, 2.24) is 0 Å². The van der Waals surface area contributed by atoms with Gasteiger partial charge in [-0.25, -0.2) is 4.79 Å². The molecule has 0 aliphatic rings. The number of hydrogen-bond acceptors (Lipinski definition) is 2. The third kappa shape index (κ3) is 3.62. The first-order valence-electron chi connectivity index (χ1n) is 5.17. The molecular formula is C10H9F9O2. The van der Waals surface area contributed by atoms with Crippen LogP contribution in [-0.4, -0.2) is 36.5 Å². The van der Waals surface area contributed by atoms with Crippen molar-refractivity contribution in [3.8, 4) is 0 Å². The van der Waals surface area contributed by atoms with Gasteiger partial charge in [0, 0.05) is 12.0 Å². The highest BCUT2D eigenvalue weighted by molar-refractivity contribution is 5.87. The molecule has 0 aromatic heterocycles. The number of rotatable bonds is 6. The summed E-state index contributed by atoms with van der Waals surface area (Å²) in [5.74, 6) is -21.2. The van der Waals surface area contributed by atoms with Crippen molar-refractivity contribution >= 4 is 5.97 Å². The molecule has 0 amide bonds. The molecule has 0 radical (unpaired) electrons. The molecule has 0 N–H and O–H groups in total. The molecular weight excluding hydrogens is 323 g/mol. The van der Waals surface area contributed by atoms with Gasteiger partial charge in [-0.15, -0.1) is 0 Å². The van der Waals surface area contributed by atoms with Gasteiger partial charge >= 0.3 is 29.9 Å². The number of hydrogen-bond donors (Lipinski definition) is 0. The predicted molar refractivity (Wildman–Crippen MR) is 51.3 cm³/mol. The molecule has 11 heteroatoms. The summed E-state index contributed by atoms with van der Waals surface area (Å²) in [6, 6.07) is 0. The molecule has 124 valence electrons. The van der Waals surface area contributed by atoms with Crippen LogP contribution in [0.5, 0.6) is 0 Å². The Morgan fingerprint density at radius 3 is 1.71 bits per heavy atom. The van der Waals surface area contributed by atoms with Gasteiger partial charge in [0.15, 0.2) is 0 Å². The van der Waals surface area contributed by atoms with E-state index in [0.29, 0.717) is 0 Å². The molecule has 2 nitrogen and oxygen atoms in total. The fraction of sp³-hybridized carbons (Fsp3) is 0.700. The number of alkyl halides is 9. The summed E-state index contributed by atoms with van der Waals surface area (Å²) in [5.41, 5.74) is -1.36. The van der Waals surface area contributed by atoms with E-state index in [4.69, 9.17) is 0 Å². The summed E-state index contributed by atoms with van der Waals surface area (Å²) >= 11 is 0. The topological polar surface area (TPSA) is 26.3 Å². The fourth-order valence-electron chi connectivity index (χ4n) is 1.09. The smallest absolute Gasteiger partial charge is 0.460 e. The van der Waals surface area contributed by atoms with Crippen molar-refractivity contribution in [3.05, 3.63) is 12.2 Å². The van der Waals surface area contributed by atoms with Gasteiger partial charge in [-0.3, -0.25) is 0 Å². The summed E-state index contributed by atoms with van der Waals surface area (Å²) in [6.07, 6.45) is -9.31. The minimum Gasteiger partial charge on any atom is -0.463 e. The summed E-state index contributed by atoms with van der Waals surface area (Å²) in [4.78, 5) is 10.9. The molecule has 0 heterocycles. The van der Waals surface area contributed by atoms with E-state index in [0.717, 1.165) is 0 Å². The number of esters is 1. The Hall–Kier alpha value is -1.42. The molecule has 21 heavy (non-hydrogen) atoms. The second-order valence-corrected chi connectivity index (χ2v) is 3.85. The largest absolute Gasteiger partial charge is 0.463 e. The summed E-state index contributed by atoms with van der Waals surface area (Å²) in [5, 5.41) is 0. The number of ether oxygens (including phenoxy) is 1. The van der Waals surface area contributed by atoms with E-state index in [2.05, 4.69) is 11.3 Å². The van der Waals surface area contributed by atoms with Crippen LogP contribution in [0, 0.1) is 0 Å². The van der Waals surface area contributed by atoms with Crippen LogP contribution in [0.2, 0.25) is 0 Å². The van der Waals surface area contributed by atoms with Crippen molar-refractivity contribution in [2.45, 2.75) is 37.3 Å². The third-order valence-electron chi connectivity index (χ3n) is 2.21. The Labute approximate surface area is 112 Å². The number of carbonyl (C=O) groups excluding carboxylic acids is 1. The molecule has 0 rings (SSSR count). The maximum atomic E-state index is 13.1. The van der Waals surface area contributed by atoms with E-state index in [-0.39, 0.29) is 6.61 Å². The zero-order valence-electron chi connectivity index (χ0n) is 10.3. The summed E-state index contributed by atoms with van der Waals surface area (Å²) < 4.78 is 116. The normalized spacial score (nSPS) is 14.0. The van der Waals surface area contributed by atoms with Gasteiger partial charge in [0.2, 0.25) is 0 Å². The van der Waals surface area contributed by atoms with E-state index in [1.165, 1.54) is 6.92 Å².